The molecule has 0 unspecified atom stereocenters. The van der Waals surface area contributed by atoms with E-state index < -0.39 is 5.97 Å². The monoisotopic (exact) mass is 245 g/mol. The van der Waals surface area contributed by atoms with Crippen molar-refractivity contribution in [2.45, 2.75) is 13.3 Å². The van der Waals surface area contributed by atoms with E-state index in [1.54, 1.807) is 31.2 Å². The lowest BCUT2D eigenvalue weighted by Gasteiger charge is -2.00. The lowest BCUT2D eigenvalue weighted by atomic mass is 10.2. The topological polar surface area (TPSA) is 38.7 Å². The molecule has 0 bridgehead atoms. The second kappa shape index (κ2) is 5.73. The Labute approximate surface area is 97.6 Å². The van der Waals surface area contributed by atoms with E-state index in [0.29, 0.717) is 10.6 Å². The molecule has 0 saturated carbocycles. The number of carbonyl (C=O) groups is 1. The van der Waals surface area contributed by atoms with Crippen molar-refractivity contribution in [2.24, 2.45) is 5.16 Å². The van der Waals surface area contributed by atoms with E-state index in [-0.39, 0.29) is 11.6 Å². The molecular weight excluding hydrogens is 237 g/mol. The quantitative estimate of drug-likeness (QED) is 0.466. The van der Waals surface area contributed by atoms with Crippen LogP contribution in [-0.2, 0) is 9.63 Å². The van der Waals surface area contributed by atoms with Gasteiger partial charge in [-0.3, -0.25) is 0 Å². The summed E-state index contributed by atoms with van der Waals surface area (Å²) in [6.07, 6.45) is 0.246. The summed E-state index contributed by atoms with van der Waals surface area (Å²) in [6.45, 7) is 1.67. The second-order valence-corrected chi connectivity index (χ2v) is 3.44. The van der Waals surface area contributed by atoms with Gasteiger partial charge in [0, 0.05) is 12.0 Å². The van der Waals surface area contributed by atoms with Crippen molar-refractivity contribution in [3.8, 4) is 0 Å². The fourth-order valence-electron chi connectivity index (χ4n) is 0.833. The summed E-state index contributed by atoms with van der Waals surface area (Å²) in [4.78, 5) is 15.3. The molecule has 0 spiro atoms. The first-order valence-corrected chi connectivity index (χ1v) is 5.09. The van der Waals surface area contributed by atoms with Gasteiger partial charge in [-0.25, -0.2) is 4.79 Å². The van der Waals surface area contributed by atoms with Crippen LogP contribution in [0.2, 0.25) is 5.02 Å². The van der Waals surface area contributed by atoms with E-state index in [1.165, 1.54) is 0 Å². The van der Waals surface area contributed by atoms with Crippen molar-refractivity contribution >= 4 is 34.3 Å². The van der Waals surface area contributed by atoms with Crippen LogP contribution in [0.3, 0.4) is 0 Å². The molecule has 0 amide bonds. The van der Waals surface area contributed by atoms with Crippen LogP contribution in [0.4, 0.5) is 0 Å². The average Bonchev–Trinajstić information content (AvgIpc) is 2.26. The van der Waals surface area contributed by atoms with Crippen LogP contribution >= 0.6 is 23.2 Å². The van der Waals surface area contributed by atoms with Crippen molar-refractivity contribution < 1.29 is 9.63 Å². The van der Waals surface area contributed by atoms with Crippen LogP contribution < -0.4 is 0 Å². The van der Waals surface area contributed by atoms with E-state index in [1.807, 2.05) is 0 Å². The molecule has 5 heteroatoms. The van der Waals surface area contributed by atoms with Gasteiger partial charge in [-0.15, -0.1) is 0 Å². The van der Waals surface area contributed by atoms with E-state index in [2.05, 4.69) is 9.99 Å². The zero-order valence-electron chi connectivity index (χ0n) is 8.04. The van der Waals surface area contributed by atoms with E-state index >= 15 is 0 Å². The molecule has 0 atom stereocenters. The molecule has 1 aromatic rings. The largest absolute Gasteiger partial charge is 0.334 e. The highest BCUT2D eigenvalue weighted by atomic mass is 35.5. The van der Waals surface area contributed by atoms with Gasteiger partial charge in [0.1, 0.15) is 0 Å². The van der Waals surface area contributed by atoms with Crippen LogP contribution in [0.1, 0.15) is 18.9 Å². The highest BCUT2D eigenvalue weighted by Gasteiger charge is 2.06. The third-order valence-corrected chi connectivity index (χ3v) is 2.21. The fraction of sp³-hybridized carbons (Fsp3) is 0.200. The summed E-state index contributed by atoms with van der Waals surface area (Å²) < 4.78 is 0. The molecule has 3 nitrogen and oxygen atoms in total. The Morgan fingerprint density at radius 2 is 2.13 bits per heavy atom. The van der Waals surface area contributed by atoms with Gasteiger partial charge in [0.25, 0.3) is 0 Å². The Hall–Kier alpha value is -1.06. The standard InChI is InChI=1S/C10H9Cl2NO2/c1-2-9(14)15-13-10(12)7-5-3-4-6-8(7)11/h3-6H,2H2,1H3/b13-10+. The van der Waals surface area contributed by atoms with Crippen LogP contribution in [0, 0.1) is 0 Å². The Bertz CT molecular complexity index is 391. The first kappa shape index (κ1) is 12.0. The number of hydrogen-bond acceptors (Lipinski definition) is 3. The maximum Gasteiger partial charge on any atom is 0.334 e. The minimum atomic E-state index is -0.444. The highest BCUT2D eigenvalue weighted by molar-refractivity contribution is 6.70. The SMILES string of the molecule is CCC(=O)O/N=C(/Cl)c1ccccc1Cl. The van der Waals surface area contributed by atoms with Gasteiger partial charge in [-0.2, -0.15) is 0 Å². The van der Waals surface area contributed by atoms with Crippen molar-refractivity contribution in [3.63, 3.8) is 0 Å². The summed E-state index contributed by atoms with van der Waals surface area (Å²) in [5.74, 6) is -0.444. The van der Waals surface area contributed by atoms with E-state index in [0.717, 1.165) is 0 Å². The van der Waals surface area contributed by atoms with Crippen molar-refractivity contribution in [3.05, 3.63) is 34.9 Å². The molecule has 1 rings (SSSR count). The zero-order chi connectivity index (χ0) is 11.3. The van der Waals surface area contributed by atoms with Gasteiger partial charge in [0.2, 0.25) is 0 Å². The van der Waals surface area contributed by atoms with Gasteiger partial charge >= 0.3 is 5.97 Å². The van der Waals surface area contributed by atoms with Gasteiger partial charge in [-0.05, 0) is 6.07 Å². The maximum atomic E-state index is 10.8. The lowest BCUT2D eigenvalue weighted by Crippen LogP contribution is -2.00. The van der Waals surface area contributed by atoms with E-state index in [9.17, 15) is 4.79 Å². The Balaban J connectivity index is 2.80. The number of hydrogen-bond donors (Lipinski definition) is 0. The minimum Gasteiger partial charge on any atom is -0.317 e. The molecule has 0 N–H and O–H groups in total. The van der Waals surface area contributed by atoms with Gasteiger partial charge in [-0.1, -0.05) is 53.5 Å². The number of oxime groups is 1. The predicted molar refractivity (Wildman–Crippen MR) is 60.2 cm³/mol. The third-order valence-electron chi connectivity index (χ3n) is 1.61. The summed E-state index contributed by atoms with van der Waals surface area (Å²) in [7, 11) is 0. The molecule has 0 saturated heterocycles. The molecule has 0 fully saturated rings. The average molecular weight is 246 g/mol. The normalized spacial score (nSPS) is 11.3. The molecule has 0 radical (unpaired) electrons. The molecular formula is C10H9Cl2NO2. The predicted octanol–water partition coefficient (Wildman–Crippen LogP) is 3.19. The van der Waals surface area contributed by atoms with Crippen LogP contribution in [0.15, 0.2) is 29.4 Å². The van der Waals surface area contributed by atoms with Gasteiger partial charge in [0.05, 0.1) is 5.02 Å². The Morgan fingerprint density at radius 3 is 2.73 bits per heavy atom. The Kier molecular flexibility index (Phi) is 4.59. The van der Waals surface area contributed by atoms with Crippen LogP contribution in [0.5, 0.6) is 0 Å². The maximum absolute atomic E-state index is 10.8. The first-order valence-electron chi connectivity index (χ1n) is 4.33. The summed E-state index contributed by atoms with van der Waals surface area (Å²) in [5, 5.41) is 3.99. The lowest BCUT2D eigenvalue weighted by molar-refractivity contribution is -0.143. The molecule has 15 heavy (non-hydrogen) atoms. The summed E-state index contributed by atoms with van der Waals surface area (Å²) in [6, 6.07) is 6.90. The molecule has 0 heterocycles. The number of rotatable bonds is 3. The van der Waals surface area contributed by atoms with E-state index in [4.69, 9.17) is 23.2 Å². The highest BCUT2D eigenvalue weighted by Crippen LogP contribution is 2.17. The zero-order valence-corrected chi connectivity index (χ0v) is 9.55. The Morgan fingerprint density at radius 1 is 1.47 bits per heavy atom. The number of nitrogens with zero attached hydrogens (tertiary/aromatic N) is 1. The second-order valence-electron chi connectivity index (χ2n) is 2.68. The van der Waals surface area contributed by atoms with Crippen molar-refractivity contribution in [1.29, 1.82) is 0 Å². The fourth-order valence-corrected chi connectivity index (χ4v) is 1.31. The first-order chi connectivity index (χ1) is 7.15. The van der Waals surface area contributed by atoms with Gasteiger partial charge in [0.15, 0.2) is 5.17 Å². The molecule has 1 aromatic carbocycles. The molecule has 80 valence electrons. The molecule has 0 aromatic heterocycles. The number of halogens is 2. The minimum absolute atomic E-state index is 0.0578. The molecule has 0 aliphatic heterocycles. The number of carbonyl (C=O) groups excluding carboxylic acids is 1. The van der Waals surface area contributed by atoms with Gasteiger partial charge < -0.3 is 4.84 Å². The van der Waals surface area contributed by atoms with Crippen LogP contribution in [0.25, 0.3) is 0 Å². The molecule has 0 aliphatic carbocycles. The van der Waals surface area contributed by atoms with Crippen LogP contribution in [-0.4, -0.2) is 11.1 Å². The number of benzene rings is 1. The smallest absolute Gasteiger partial charge is 0.317 e. The summed E-state index contributed by atoms with van der Waals surface area (Å²) in [5.41, 5.74) is 0.532. The summed E-state index contributed by atoms with van der Waals surface area (Å²) >= 11 is 11.7. The van der Waals surface area contributed by atoms with Crippen molar-refractivity contribution in [2.75, 3.05) is 0 Å². The van der Waals surface area contributed by atoms with Crippen molar-refractivity contribution in [1.82, 2.24) is 0 Å². The third kappa shape index (κ3) is 3.53. The molecule has 0 aliphatic rings.